The summed E-state index contributed by atoms with van der Waals surface area (Å²) in [5, 5.41) is 9.32. The molecule has 0 aromatic carbocycles. The van der Waals surface area contributed by atoms with Crippen molar-refractivity contribution >= 4 is 29.4 Å². The Morgan fingerprint density at radius 2 is 2.05 bits per heavy atom. The molecule has 1 aromatic heterocycles. The molecule has 0 unspecified atom stereocenters. The van der Waals surface area contributed by atoms with Crippen LogP contribution >= 0.6 is 11.8 Å². The summed E-state index contributed by atoms with van der Waals surface area (Å²) >= 11 is 1.26. The number of hydrogen-bond donors (Lipinski definition) is 3. The number of aromatic nitrogens is 1. The number of aryl methyl sites for hydroxylation is 1. The Labute approximate surface area is 133 Å². The average Bonchev–Trinajstić information content (AvgIpc) is 3.09. The number of rotatable bonds is 7. The molecule has 0 spiro atoms. The summed E-state index contributed by atoms with van der Waals surface area (Å²) < 4.78 is 4.86. The molecule has 0 aliphatic heterocycles. The maximum absolute atomic E-state index is 12.0. The molecule has 22 heavy (non-hydrogen) atoms. The van der Waals surface area contributed by atoms with Crippen LogP contribution in [0.15, 0.2) is 10.6 Å². The summed E-state index contributed by atoms with van der Waals surface area (Å²) in [5.41, 5.74) is 5.54. The zero-order chi connectivity index (χ0) is 16.0. The fraction of sp³-hybridized carbons (Fsp3) is 0.643. The zero-order valence-corrected chi connectivity index (χ0v) is 13.5. The standard InChI is InChI=1S/C14H22N4O3S/c1-10-6-11(18-21-10)16-12(19)7-22-8-13(20)17-14(9-15)4-2-3-5-14/h6H,2-5,7-9,15H2,1H3,(H,17,20)(H,16,18,19). The molecule has 1 fully saturated rings. The topological polar surface area (TPSA) is 110 Å². The van der Waals surface area contributed by atoms with Crippen LogP contribution < -0.4 is 16.4 Å². The van der Waals surface area contributed by atoms with Crippen LogP contribution in [0.2, 0.25) is 0 Å². The molecular formula is C14H22N4O3S. The van der Waals surface area contributed by atoms with Crippen molar-refractivity contribution in [1.82, 2.24) is 10.5 Å². The molecule has 7 nitrogen and oxygen atoms in total. The Morgan fingerprint density at radius 1 is 1.36 bits per heavy atom. The normalized spacial score (nSPS) is 16.5. The first-order valence-electron chi connectivity index (χ1n) is 7.35. The van der Waals surface area contributed by atoms with Crippen molar-refractivity contribution in [3.05, 3.63) is 11.8 Å². The van der Waals surface area contributed by atoms with Gasteiger partial charge in [-0.05, 0) is 19.8 Å². The summed E-state index contributed by atoms with van der Waals surface area (Å²) in [6.45, 7) is 2.22. The van der Waals surface area contributed by atoms with Gasteiger partial charge in [0.05, 0.1) is 17.0 Å². The number of nitrogens with two attached hydrogens (primary N) is 1. The predicted molar refractivity (Wildman–Crippen MR) is 85.6 cm³/mol. The van der Waals surface area contributed by atoms with Gasteiger partial charge in [-0.2, -0.15) is 0 Å². The predicted octanol–water partition coefficient (Wildman–Crippen LogP) is 1.04. The van der Waals surface area contributed by atoms with Crippen molar-refractivity contribution in [2.24, 2.45) is 5.73 Å². The second-order valence-corrected chi connectivity index (χ2v) is 6.59. The number of hydrogen-bond acceptors (Lipinski definition) is 6. The van der Waals surface area contributed by atoms with Gasteiger partial charge in [0.25, 0.3) is 0 Å². The van der Waals surface area contributed by atoms with E-state index in [1.165, 1.54) is 11.8 Å². The summed E-state index contributed by atoms with van der Waals surface area (Å²) in [4.78, 5) is 23.7. The molecule has 4 N–H and O–H groups in total. The minimum Gasteiger partial charge on any atom is -0.360 e. The molecule has 1 heterocycles. The van der Waals surface area contributed by atoms with Gasteiger partial charge in [0.2, 0.25) is 11.8 Å². The number of nitrogens with one attached hydrogen (secondary N) is 2. The van der Waals surface area contributed by atoms with Crippen molar-refractivity contribution < 1.29 is 14.1 Å². The Kier molecular flexibility index (Phi) is 5.84. The molecule has 0 atom stereocenters. The highest BCUT2D eigenvalue weighted by Gasteiger charge is 2.33. The fourth-order valence-electron chi connectivity index (χ4n) is 2.60. The lowest BCUT2D eigenvalue weighted by Gasteiger charge is -2.28. The Hall–Kier alpha value is -1.54. The second kappa shape index (κ2) is 7.64. The Bertz CT molecular complexity index is 526. The molecule has 0 bridgehead atoms. The van der Waals surface area contributed by atoms with Crippen LogP contribution in [0.3, 0.4) is 0 Å². The molecule has 1 aromatic rings. The quantitative estimate of drug-likeness (QED) is 0.690. The van der Waals surface area contributed by atoms with E-state index in [9.17, 15) is 9.59 Å². The molecule has 1 aliphatic carbocycles. The number of anilines is 1. The lowest BCUT2D eigenvalue weighted by atomic mass is 9.98. The minimum atomic E-state index is -0.238. The average molecular weight is 326 g/mol. The van der Waals surface area contributed by atoms with Crippen LogP contribution in [-0.2, 0) is 9.59 Å². The fourth-order valence-corrected chi connectivity index (χ4v) is 3.22. The van der Waals surface area contributed by atoms with Crippen LogP contribution in [0, 0.1) is 6.92 Å². The van der Waals surface area contributed by atoms with Crippen molar-refractivity contribution in [1.29, 1.82) is 0 Å². The monoisotopic (exact) mass is 326 g/mol. The van der Waals surface area contributed by atoms with Gasteiger partial charge in [-0.25, -0.2) is 0 Å². The van der Waals surface area contributed by atoms with Crippen LogP contribution in [0.1, 0.15) is 31.4 Å². The van der Waals surface area contributed by atoms with Gasteiger partial charge in [-0.3, -0.25) is 9.59 Å². The smallest absolute Gasteiger partial charge is 0.235 e. The highest BCUT2D eigenvalue weighted by molar-refractivity contribution is 8.00. The van der Waals surface area contributed by atoms with Gasteiger partial charge >= 0.3 is 0 Å². The summed E-state index contributed by atoms with van der Waals surface area (Å²) in [5.74, 6) is 1.18. The molecule has 1 aliphatic rings. The van der Waals surface area contributed by atoms with E-state index in [1.54, 1.807) is 13.0 Å². The number of carbonyl (C=O) groups is 2. The van der Waals surface area contributed by atoms with Crippen LogP contribution in [0.4, 0.5) is 5.82 Å². The van der Waals surface area contributed by atoms with Gasteiger partial charge in [-0.15, -0.1) is 11.8 Å². The molecule has 0 saturated heterocycles. The number of thioether (sulfide) groups is 1. The van der Waals surface area contributed by atoms with E-state index in [1.807, 2.05) is 0 Å². The maximum Gasteiger partial charge on any atom is 0.235 e. The molecular weight excluding hydrogens is 304 g/mol. The SMILES string of the molecule is Cc1cc(NC(=O)CSCC(=O)NC2(CN)CCCC2)no1. The third-order valence-corrected chi connectivity index (χ3v) is 4.65. The Morgan fingerprint density at radius 3 is 2.64 bits per heavy atom. The molecule has 0 radical (unpaired) electrons. The van der Waals surface area contributed by atoms with E-state index in [0.717, 1.165) is 25.7 Å². The van der Waals surface area contributed by atoms with E-state index in [4.69, 9.17) is 10.3 Å². The lowest BCUT2D eigenvalue weighted by molar-refractivity contribution is -0.120. The van der Waals surface area contributed by atoms with Crippen LogP contribution in [0.5, 0.6) is 0 Å². The first-order chi connectivity index (χ1) is 10.5. The van der Waals surface area contributed by atoms with Gasteiger partial charge in [0.15, 0.2) is 5.82 Å². The number of amides is 2. The van der Waals surface area contributed by atoms with E-state index in [2.05, 4.69) is 15.8 Å². The number of nitrogens with zero attached hydrogens (tertiary/aromatic N) is 1. The van der Waals surface area contributed by atoms with E-state index >= 15 is 0 Å². The second-order valence-electron chi connectivity index (χ2n) is 5.60. The summed E-state index contributed by atoms with van der Waals surface area (Å²) in [7, 11) is 0. The van der Waals surface area contributed by atoms with Gasteiger partial charge in [0, 0.05) is 12.6 Å². The highest BCUT2D eigenvalue weighted by atomic mass is 32.2. The number of carbonyl (C=O) groups excluding carboxylic acids is 2. The summed E-state index contributed by atoms with van der Waals surface area (Å²) in [6.07, 6.45) is 4.08. The van der Waals surface area contributed by atoms with Crippen molar-refractivity contribution in [2.75, 3.05) is 23.4 Å². The maximum atomic E-state index is 12.0. The summed E-state index contributed by atoms with van der Waals surface area (Å²) in [6, 6.07) is 1.64. The molecule has 1 saturated carbocycles. The van der Waals surface area contributed by atoms with Gasteiger partial charge in [-0.1, -0.05) is 18.0 Å². The van der Waals surface area contributed by atoms with E-state index in [-0.39, 0.29) is 28.9 Å². The molecule has 2 rings (SSSR count). The third kappa shape index (κ3) is 4.74. The first kappa shape index (κ1) is 16.8. The Balaban J connectivity index is 1.67. The highest BCUT2D eigenvalue weighted by Crippen LogP contribution is 2.28. The van der Waals surface area contributed by atoms with E-state index < -0.39 is 0 Å². The van der Waals surface area contributed by atoms with Crippen molar-refractivity contribution in [2.45, 2.75) is 38.1 Å². The third-order valence-electron chi connectivity index (χ3n) is 3.72. The minimum absolute atomic E-state index is 0.0672. The molecule has 8 heteroatoms. The molecule has 2 amide bonds. The zero-order valence-electron chi connectivity index (χ0n) is 12.7. The van der Waals surface area contributed by atoms with Crippen LogP contribution in [0.25, 0.3) is 0 Å². The van der Waals surface area contributed by atoms with Crippen molar-refractivity contribution in [3.8, 4) is 0 Å². The molecule has 122 valence electrons. The van der Waals surface area contributed by atoms with Crippen LogP contribution in [-0.4, -0.2) is 40.6 Å². The lowest BCUT2D eigenvalue weighted by Crippen LogP contribution is -2.52. The first-order valence-corrected chi connectivity index (χ1v) is 8.50. The van der Waals surface area contributed by atoms with Gasteiger partial charge in [0.1, 0.15) is 5.76 Å². The van der Waals surface area contributed by atoms with E-state index in [0.29, 0.717) is 18.1 Å². The largest absolute Gasteiger partial charge is 0.360 e. The van der Waals surface area contributed by atoms with Gasteiger partial charge < -0.3 is 20.9 Å². The van der Waals surface area contributed by atoms with Crippen molar-refractivity contribution in [3.63, 3.8) is 0 Å².